The van der Waals surface area contributed by atoms with Crippen LogP contribution in [0.5, 0.6) is 0 Å². The van der Waals surface area contributed by atoms with Gasteiger partial charge in [0.05, 0.1) is 0 Å². The number of allylic oxidation sites excluding steroid dienone is 5. The van der Waals surface area contributed by atoms with Crippen molar-refractivity contribution in [2.75, 3.05) is 0 Å². The summed E-state index contributed by atoms with van der Waals surface area (Å²) in [6.07, 6.45) is 12.0. The van der Waals surface area contributed by atoms with E-state index in [1.165, 1.54) is 0 Å². The predicted molar refractivity (Wildman–Crippen MR) is 71.2 cm³/mol. The number of rotatable bonds is 3. The minimum absolute atomic E-state index is 0.514. The van der Waals surface area contributed by atoms with Crippen LogP contribution in [0.3, 0.4) is 0 Å². The summed E-state index contributed by atoms with van der Waals surface area (Å²) in [6, 6.07) is 3.19. The smallest absolute Gasteiger partial charge is 0.238 e. The van der Waals surface area contributed by atoms with E-state index in [0.717, 1.165) is 23.1 Å². The van der Waals surface area contributed by atoms with Crippen LogP contribution in [0.2, 0.25) is 0 Å². The summed E-state index contributed by atoms with van der Waals surface area (Å²) in [5, 5.41) is 0. The van der Waals surface area contributed by atoms with E-state index in [1.807, 2.05) is 24.3 Å². The summed E-state index contributed by atoms with van der Waals surface area (Å²) < 4.78 is 0. The minimum atomic E-state index is -0.722. The Hall–Kier alpha value is -2.20. The molecule has 4 heteroatoms. The zero-order valence-corrected chi connectivity index (χ0v) is 9.91. The molecule has 0 saturated carbocycles. The third-order valence-corrected chi connectivity index (χ3v) is 2.77. The van der Waals surface area contributed by atoms with Gasteiger partial charge in [-0.1, -0.05) is 24.3 Å². The minimum Gasteiger partial charge on any atom is -0.368 e. The van der Waals surface area contributed by atoms with Gasteiger partial charge in [0.2, 0.25) is 5.91 Å². The summed E-state index contributed by atoms with van der Waals surface area (Å²) in [6.45, 7) is 0. The highest BCUT2D eigenvalue weighted by atomic mass is 16.1. The number of aromatic nitrogens is 1. The van der Waals surface area contributed by atoms with E-state index < -0.39 is 11.9 Å². The molecule has 4 nitrogen and oxygen atoms in total. The first-order valence-electron chi connectivity index (χ1n) is 5.71. The average Bonchev–Trinajstić information content (AvgIpc) is 2.40. The van der Waals surface area contributed by atoms with Gasteiger partial charge in [-0.25, -0.2) is 0 Å². The predicted octanol–water partition coefficient (Wildman–Crippen LogP) is 1.16. The van der Waals surface area contributed by atoms with Gasteiger partial charge < -0.3 is 11.5 Å². The number of primary amides is 1. The summed E-state index contributed by atoms with van der Waals surface area (Å²) >= 11 is 0. The molecule has 0 aliphatic heterocycles. The number of amides is 1. The van der Waals surface area contributed by atoms with Crippen molar-refractivity contribution in [1.29, 1.82) is 0 Å². The second kappa shape index (κ2) is 5.42. The Morgan fingerprint density at radius 2 is 2.06 bits per heavy atom. The summed E-state index contributed by atoms with van der Waals surface area (Å²) in [5.74, 6) is -0.514. The highest BCUT2D eigenvalue weighted by molar-refractivity contribution is 5.82. The standard InChI is InChI=1S/C14H15N3O/c15-13(14(16)18)9-10-1-3-11(4-2-10)12-5-7-17-8-6-12/h1,3-9,13H,2,15H2,(H2,16,18). The van der Waals surface area contributed by atoms with Crippen molar-refractivity contribution in [3.05, 3.63) is 60.0 Å². The van der Waals surface area contributed by atoms with E-state index in [4.69, 9.17) is 11.5 Å². The second-order valence-electron chi connectivity index (χ2n) is 4.10. The molecule has 0 spiro atoms. The lowest BCUT2D eigenvalue weighted by Gasteiger charge is -2.11. The Balaban J connectivity index is 2.10. The van der Waals surface area contributed by atoms with Crippen LogP contribution >= 0.6 is 0 Å². The third-order valence-electron chi connectivity index (χ3n) is 2.77. The lowest BCUT2D eigenvalue weighted by Crippen LogP contribution is -2.34. The second-order valence-corrected chi connectivity index (χ2v) is 4.10. The van der Waals surface area contributed by atoms with Crippen molar-refractivity contribution in [2.24, 2.45) is 11.5 Å². The molecular formula is C14H15N3O. The molecule has 1 atom stereocenters. The van der Waals surface area contributed by atoms with E-state index in [1.54, 1.807) is 18.5 Å². The van der Waals surface area contributed by atoms with Crippen molar-refractivity contribution in [3.8, 4) is 0 Å². The number of hydrogen-bond acceptors (Lipinski definition) is 3. The molecule has 0 aromatic carbocycles. The molecule has 1 aromatic rings. The Labute approximate surface area is 106 Å². The third kappa shape index (κ3) is 2.93. The van der Waals surface area contributed by atoms with E-state index in [-0.39, 0.29) is 0 Å². The fourth-order valence-electron chi connectivity index (χ4n) is 1.76. The van der Waals surface area contributed by atoms with Crippen LogP contribution in [0.4, 0.5) is 0 Å². The molecule has 1 heterocycles. The van der Waals surface area contributed by atoms with Gasteiger partial charge in [0.1, 0.15) is 6.04 Å². The van der Waals surface area contributed by atoms with Gasteiger partial charge in [-0.15, -0.1) is 0 Å². The molecule has 0 bridgehead atoms. The Bertz CT molecular complexity index is 529. The van der Waals surface area contributed by atoms with Gasteiger partial charge in [0.15, 0.2) is 0 Å². The maximum Gasteiger partial charge on any atom is 0.238 e. The van der Waals surface area contributed by atoms with Gasteiger partial charge in [-0.3, -0.25) is 9.78 Å². The summed E-state index contributed by atoms with van der Waals surface area (Å²) in [4.78, 5) is 14.8. The average molecular weight is 241 g/mol. The number of hydrogen-bond donors (Lipinski definition) is 2. The quantitative estimate of drug-likeness (QED) is 0.833. The number of carbonyl (C=O) groups is 1. The molecule has 0 radical (unpaired) electrons. The normalized spacial score (nSPS) is 18.5. The molecule has 0 saturated heterocycles. The van der Waals surface area contributed by atoms with E-state index in [9.17, 15) is 4.79 Å². The van der Waals surface area contributed by atoms with E-state index >= 15 is 0 Å². The van der Waals surface area contributed by atoms with Crippen LogP contribution in [0.15, 0.2) is 54.4 Å². The SMILES string of the molecule is NC(=O)C(N)C=C1C=CC(c2ccncc2)=CC1. The van der Waals surface area contributed by atoms with Crippen LogP contribution in [0.25, 0.3) is 5.57 Å². The number of nitrogens with two attached hydrogens (primary N) is 2. The van der Waals surface area contributed by atoms with Gasteiger partial charge in [0.25, 0.3) is 0 Å². The van der Waals surface area contributed by atoms with Gasteiger partial charge >= 0.3 is 0 Å². The van der Waals surface area contributed by atoms with Gasteiger partial charge in [-0.2, -0.15) is 0 Å². The van der Waals surface area contributed by atoms with Crippen molar-refractivity contribution in [1.82, 2.24) is 4.98 Å². The molecule has 1 aliphatic rings. The number of nitrogens with zero attached hydrogens (tertiary/aromatic N) is 1. The molecule has 18 heavy (non-hydrogen) atoms. The molecule has 1 aromatic heterocycles. The Kier molecular flexibility index (Phi) is 3.69. The Morgan fingerprint density at radius 1 is 1.33 bits per heavy atom. The molecule has 1 unspecified atom stereocenters. The zero-order valence-electron chi connectivity index (χ0n) is 9.91. The maximum absolute atomic E-state index is 10.9. The van der Waals surface area contributed by atoms with E-state index in [0.29, 0.717) is 0 Å². The van der Waals surface area contributed by atoms with Crippen LogP contribution < -0.4 is 11.5 Å². The van der Waals surface area contributed by atoms with Crippen molar-refractivity contribution < 1.29 is 4.79 Å². The molecular weight excluding hydrogens is 226 g/mol. The first-order valence-corrected chi connectivity index (χ1v) is 5.71. The summed E-state index contributed by atoms with van der Waals surface area (Å²) in [7, 11) is 0. The van der Waals surface area contributed by atoms with Gasteiger partial charge in [0, 0.05) is 12.4 Å². The molecule has 1 aliphatic carbocycles. The molecule has 2 rings (SSSR count). The molecule has 0 fully saturated rings. The molecule has 4 N–H and O–H groups in total. The van der Waals surface area contributed by atoms with Crippen molar-refractivity contribution in [2.45, 2.75) is 12.5 Å². The lowest BCUT2D eigenvalue weighted by atomic mass is 9.96. The highest BCUT2D eigenvalue weighted by Crippen LogP contribution is 2.23. The van der Waals surface area contributed by atoms with Crippen LogP contribution in [0, 0.1) is 0 Å². The number of carbonyl (C=O) groups excluding carboxylic acids is 1. The van der Waals surface area contributed by atoms with Crippen molar-refractivity contribution in [3.63, 3.8) is 0 Å². The molecule has 1 amide bonds. The van der Waals surface area contributed by atoms with Crippen molar-refractivity contribution >= 4 is 11.5 Å². The Morgan fingerprint density at radius 3 is 2.61 bits per heavy atom. The van der Waals surface area contributed by atoms with Crippen LogP contribution in [0.1, 0.15) is 12.0 Å². The fourth-order valence-corrected chi connectivity index (χ4v) is 1.76. The largest absolute Gasteiger partial charge is 0.368 e. The number of pyridine rings is 1. The monoisotopic (exact) mass is 241 g/mol. The first-order chi connectivity index (χ1) is 8.66. The maximum atomic E-state index is 10.9. The van der Waals surface area contributed by atoms with Gasteiger partial charge in [-0.05, 0) is 35.3 Å². The lowest BCUT2D eigenvalue weighted by molar-refractivity contribution is -0.118. The highest BCUT2D eigenvalue weighted by Gasteiger charge is 2.08. The first kappa shape index (κ1) is 12.3. The van der Waals surface area contributed by atoms with Crippen LogP contribution in [-0.4, -0.2) is 16.9 Å². The zero-order chi connectivity index (χ0) is 13.0. The fraction of sp³-hybridized carbons (Fsp3) is 0.143. The van der Waals surface area contributed by atoms with Crippen LogP contribution in [-0.2, 0) is 4.79 Å². The summed E-state index contributed by atoms with van der Waals surface area (Å²) in [5.41, 5.74) is 14.0. The molecule has 92 valence electrons. The topological polar surface area (TPSA) is 82.0 Å². The van der Waals surface area contributed by atoms with E-state index in [2.05, 4.69) is 11.1 Å².